The lowest BCUT2D eigenvalue weighted by Gasteiger charge is -2.11. The zero-order valence-electron chi connectivity index (χ0n) is 5.87. The van der Waals surface area contributed by atoms with Gasteiger partial charge >= 0.3 is 7.60 Å². The predicted octanol–water partition coefficient (Wildman–Crippen LogP) is 2.31. The zero-order chi connectivity index (χ0) is 8.91. The largest absolute Gasteiger partial charge is 0.389 e. The Morgan fingerprint density at radius 2 is 2.25 bits per heavy atom. The molecule has 7 heteroatoms. The van der Waals surface area contributed by atoms with Gasteiger partial charge in [0.2, 0.25) is 5.91 Å². The molecule has 12 heavy (non-hydrogen) atoms. The number of hydrogen-bond acceptors (Lipinski definition) is 3. The number of halogens is 2. The molecule has 0 amide bonds. The van der Waals surface area contributed by atoms with Crippen LogP contribution in [0.15, 0.2) is 0 Å². The maximum Gasteiger partial charge on any atom is 0.389 e. The van der Waals surface area contributed by atoms with Crippen molar-refractivity contribution in [1.82, 2.24) is 0 Å². The van der Waals surface area contributed by atoms with Crippen LogP contribution >= 0.6 is 19.2 Å². The Morgan fingerprint density at radius 3 is 2.58 bits per heavy atom. The Balaban J connectivity index is 0. The van der Waals surface area contributed by atoms with Crippen molar-refractivity contribution < 1.29 is 23.4 Å². The molecule has 0 aromatic rings. The molecule has 76 valence electrons. The quantitative estimate of drug-likeness (QED) is 0.336. The highest BCUT2D eigenvalue weighted by Crippen LogP contribution is 2.48. The van der Waals surface area contributed by atoms with E-state index in [0.717, 1.165) is 0 Å². The Kier molecular flexibility index (Phi) is 8.41. The third-order valence-corrected chi connectivity index (χ3v) is 2.45. The van der Waals surface area contributed by atoms with Crippen LogP contribution in [0.3, 0.4) is 0 Å². The average molecular weight is 223 g/mol. The summed E-state index contributed by atoms with van der Waals surface area (Å²) in [7, 11) is -4.32. The Hall–Kier alpha value is 0.330. The molecule has 1 N–H and O–H groups in total. The summed E-state index contributed by atoms with van der Waals surface area (Å²) >= 11 is 4.97. The number of hydrogen-bond donors (Lipinski definition) is 1. The molecule has 0 aliphatic rings. The molecule has 0 aromatic heterocycles. The van der Waals surface area contributed by atoms with Crippen molar-refractivity contribution in [3.8, 4) is 0 Å². The van der Waals surface area contributed by atoms with Crippen LogP contribution in [0.5, 0.6) is 0 Å². The molecule has 0 spiro atoms. The van der Waals surface area contributed by atoms with Crippen LogP contribution in [0.4, 0.5) is 4.39 Å². The van der Waals surface area contributed by atoms with E-state index in [2.05, 4.69) is 9.56 Å². The van der Waals surface area contributed by atoms with Crippen LogP contribution < -0.4 is 0 Å². The molecule has 0 fully saturated rings. The van der Waals surface area contributed by atoms with Gasteiger partial charge in [-0.2, -0.15) is 0 Å². The van der Waals surface area contributed by atoms with Crippen molar-refractivity contribution in [3.05, 3.63) is 0 Å². The maximum absolute atomic E-state index is 12.4. The molecule has 4 nitrogen and oxygen atoms in total. The molecular formula is C5H13ClFO4P. The second-order valence-corrected chi connectivity index (χ2v) is 3.78. The fraction of sp³-hybridized carbons (Fsp3) is 1.00. The minimum atomic E-state index is -4.32. The lowest BCUT2D eigenvalue weighted by atomic mass is 10.9. The lowest BCUT2D eigenvalue weighted by molar-refractivity contribution is -0.210. The smallest absolute Gasteiger partial charge is 0.321 e. The lowest BCUT2D eigenvalue weighted by Crippen LogP contribution is -2.06. The predicted molar refractivity (Wildman–Crippen MR) is 44.9 cm³/mol. The van der Waals surface area contributed by atoms with Crippen LogP contribution in [0, 0.1) is 0 Å². The van der Waals surface area contributed by atoms with Gasteiger partial charge in [-0.3, -0.25) is 4.57 Å². The molecule has 2 unspecified atom stereocenters. The second-order valence-electron chi connectivity index (χ2n) is 1.63. The van der Waals surface area contributed by atoms with E-state index in [-0.39, 0.29) is 14.0 Å². The minimum absolute atomic E-state index is 0. The highest BCUT2D eigenvalue weighted by Gasteiger charge is 2.33. The summed E-state index contributed by atoms with van der Waals surface area (Å²) in [5, 5.41) is 0. The van der Waals surface area contributed by atoms with Crippen molar-refractivity contribution in [2.45, 2.75) is 20.3 Å². The summed E-state index contributed by atoms with van der Waals surface area (Å²) in [6.45, 7) is 1.60. The second kappa shape index (κ2) is 6.80. The van der Waals surface area contributed by atoms with Crippen molar-refractivity contribution in [1.29, 1.82) is 0 Å². The molecule has 0 radical (unpaired) electrons. The Labute approximate surface area is 76.1 Å². The van der Waals surface area contributed by atoms with Crippen LogP contribution in [-0.4, -0.2) is 23.3 Å². The van der Waals surface area contributed by atoms with Gasteiger partial charge in [0.15, 0.2) is 0 Å². The third kappa shape index (κ3) is 5.06. The summed E-state index contributed by atoms with van der Waals surface area (Å²) in [5.41, 5.74) is 0. The summed E-state index contributed by atoms with van der Waals surface area (Å²) in [6.07, 6.45) is 0. The van der Waals surface area contributed by atoms with Gasteiger partial charge < -0.3 is 4.89 Å². The van der Waals surface area contributed by atoms with Gasteiger partial charge in [0.05, 0.1) is 12.5 Å². The highest BCUT2D eigenvalue weighted by atomic mass is 35.5. The first-order chi connectivity index (χ1) is 5.04. The van der Waals surface area contributed by atoms with E-state index in [0.29, 0.717) is 0 Å². The van der Waals surface area contributed by atoms with E-state index in [1.54, 1.807) is 0 Å². The van der Waals surface area contributed by atoms with Crippen molar-refractivity contribution in [2.24, 2.45) is 0 Å². The first-order valence-corrected chi connectivity index (χ1v) is 5.06. The van der Waals surface area contributed by atoms with Gasteiger partial charge in [-0.1, -0.05) is 7.43 Å². The van der Waals surface area contributed by atoms with E-state index >= 15 is 0 Å². The number of alkyl halides is 2. The first kappa shape index (κ1) is 14.8. The average Bonchev–Trinajstić information content (AvgIpc) is 1.99. The fourth-order valence-electron chi connectivity index (χ4n) is 0.262. The highest BCUT2D eigenvalue weighted by molar-refractivity contribution is 7.53. The van der Waals surface area contributed by atoms with Gasteiger partial charge in [0.1, 0.15) is 0 Å². The van der Waals surface area contributed by atoms with Gasteiger partial charge in [-0.05, 0) is 6.92 Å². The van der Waals surface area contributed by atoms with Gasteiger partial charge in [0.25, 0.3) is 0 Å². The van der Waals surface area contributed by atoms with E-state index < -0.39 is 19.4 Å². The van der Waals surface area contributed by atoms with Crippen LogP contribution in [0.1, 0.15) is 14.4 Å². The molecule has 0 saturated carbocycles. The van der Waals surface area contributed by atoms with Crippen molar-refractivity contribution in [3.63, 3.8) is 0 Å². The minimum Gasteiger partial charge on any atom is -0.321 e. The van der Waals surface area contributed by atoms with E-state index in [1.165, 1.54) is 6.92 Å². The summed E-state index contributed by atoms with van der Waals surface area (Å²) in [6, 6.07) is 0. The van der Waals surface area contributed by atoms with Crippen molar-refractivity contribution in [2.75, 3.05) is 12.5 Å². The Bertz CT molecular complexity index is 156. The van der Waals surface area contributed by atoms with Gasteiger partial charge in [-0.25, -0.2) is 9.28 Å². The summed E-state index contributed by atoms with van der Waals surface area (Å²) in [4.78, 5) is 12.8. The molecular weight excluding hydrogens is 209 g/mol. The van der Waals surface area contributed by atoms with E-state index in [1.807, 2.05) is 0 Å². The summed E-state index contributed by atoms with van der Waals surface area (Å²) in [5.74, 6) is -2.70. The van der Waals surface area contributed by atoms with Crippen molar-refractivity contribution >= 4 is 19.2 Å². The van der Waals surface area contributed by atoms with Crippen LogP contribution in [-0.2, 0) is 14.1 Å². The molecule has 0 bridgehead atoms. The molecule has 0 saturated heterocycles. The number of rotatable bonds is 5. The molecule has 0 rings (SSSR count). The molecule has 2 atom stereocenters. The third-order valence-electron chi connectivity index (χ3n) is 0.759. The SMILES string of the molecule is C.CCOOP(=O)(O)C(F)CCl. The van der Waals surface area contributed by atoms with Gasteiger partial charge in [0, 0.05) is 0 Å². The molecule has 0 aliphatic carbocycles. The topological polar surface area (TPSA) is 55.8 Å². The summed E-state index contributed by atoms with van der Waals surface area (Å²) < 4.78 is 26.9. The first-order valence-electron chi connectivity index (χ1n) is 2.88. The molecule has 0 heterocycles. The Morgan fingerprint density at radius 1 is 1.75 bits per heavy atom. The van der Waals surface area contributed by atoms with E-state index in [4.69, 9.17) is 16.5 Å². The van der Waals surface area contributed by atoms with Gasteiger partial charge in [-0.15, -0.1) is 16.3 Å². The van der Waals surface area contributed by atoms with E-state index in [9.17, 15) is 8.96 Å². The zero-order valence-corrected chi connectivity index (χ0v) is 7.52. The monoisotopic (exact) mass is 222 g/mol. The normalized spacial score (nSPS) is 17.7. The standard InChI is InChI=1S/C4H9ClFO4P.CH4/c1-2-9-10-11(7,8)4(6)3-5;/h4H,2-3H2,1H3,(H,7,8);1H4. The molecule has 0 aliphatic heterocycles. The molecule has 0 aromatic carbocycles. The van der Waals surface area contributed by atoms with Crippen LogP contribution in [0.25, 0.3) is 0 Å². The van der Waals surface area contributed by atoms with Crippen LogP contribution in [0.2, 0.25) is 0 Å². The fourth-order valence-corrected chi connectivity index (χ4v) is 1.31. The maximum atomic E-state index is 12.4.